The lowest BCUT2D eigenvalue weighted by Crippen LogP contribution is -2.22. The van der Waals surface area contributed by atoms with E-state index in [-0.39, 0.29) is 0 Å². The average molecular weight is 418 g/mol. The SMILES string of the molecule is Cc1ccc(-c2ccc3c(c2)C=CN(CCc2ccc(-c4ccnc(C)c4)cc2)C3)cn1. The third-order valence-electron chi connectivity index (χ3n) is 6.10. The molecule has 0 amide bonds. The van der Waals surface area contributed by atoms with Gasteiger partial charge in [0.25, 0.3) is 0 Å². The molecule has 1 aliphatic rings. The molecule has 32 heavy (non-hydrogen) atoms. The minimum absolute atomic E-state index is 0.951. The Bertz CT molecular complexity index is 1250. The largest absolute Gasteiger partial charge is 0.373 e. The number of hydrogen-bond acceptors (Lipinski definition) is 3. The van der Waals surface area contributed by atoms with Gasteiger partial charge in [-0.3, -0.25) is 9.97 Å². The number of pyridine rings is 2. The van der Waals surface area contributed by atoms with E-state index in [0.717, 1.165) is 30.9 Å². The predicted molar refractivity (Wildman–Crippen MR) is 132 cm³/mol. The molecule has 0 aliphatic carbocycles. The lowest BCUT2D eigenvalue weighted by molar-refractivity contribution is 0.371. The van der Waals surface area contributed by atoms with Crippen molar-refractivity contribution >= 4 is 6.08 Å². The van der Waals surface area contributed by atoms with E-state index in [2.05, 4.69) is 93.9 Å². The molecule has 0 bridgehead atoms. The zero-order valence-electron chi connectivity index (χ0n) is 18.6. The highest BCUT2D eigenvalue weighted by Gasteiger charge is 2.12. The van der Waals surface area contributed by atoms with Gasteiger partial charge < -0.3 is 4.90 Å². The molecule has 0 unspecified atom stereocenters. The lowest BCUT2D eigenvalue weighted by Gasteiger charge is -2.26. The molecule has 0 saturated heterocycles. The van der Waals surface area contributed by atoms with E-state index in [0.29, 0.717) is 0 Å². The highest BCUT2D eigenvalue weighted by Crippen LogP contribution is 2.27. The second-order valence-electron chi connectivity index (χ2n) is 8.52. The van der Waals surface area contributed by atoms with Gasteiger partial charge >= 0.3 is 0 Å². The van der Waals surface area contributed by atoms with E-state index in [1.807, 2.05) is 26.2 Å². The minimum Gasteiger partial charge on any atom is -0.373 e. The van der Waals surface area contributed by atoms with Crippen molar-refractivity contribution in [1.82, 2.24) is 14.9 Å². The van der Waals surface area contributed by atoms with Gasteiger partial charge in [-0.15, -0.1) is 0 Å². The maximum Gasteiger partial charge on any atom is 0.0430 e. The van der Waals surface area contributed by atoms with Crippen LogP contribution in [0, 0.1) is 13.8 Å². The fourth-order valence-electron chi connectivity index (χ4n) is 4.18. The second-order valence-corrected chi connectivity index (χ2v) is 8.52. The van der Waals surface area contributed by atoms with E-state index < -0.39 is 0 Å². The molecule has 0 N–H and O–H groups in total. The molecule has 0 fully saturated rings. The Balaban J connectivity index is 1.22. The summed E-state index contributed by atoms with van der Waals surface area (Å²) >= 11 is 0. The van der Waals surface area contributed by atoms with Crippen molar-refractivity contribution in [1.29, 1.82) is 0 Å². The number of aromatic nitrogens is 2. The molecule has 2 aromatic carbocycles. The van der Waals surface area contributed by atoms with Crippen molar-refractivity contribution in [3.05, 3.63) is 113 Å². The van der Waals surface area contributed by atoms with Crippen LogP contribution in [0.1, 0.15) is 28.1 Å². The second kappa shape index (κ2) is 8.80. The molecule has 3 nitrogen and oxygen atoms in total. The first-order valence-corrected chi connectivity index (χ1v) is 11.1. The van der Waals surface area contributed by atoms with Gasteiger partial charge in [0, 0.05) is 42.4 Å². The van der Waals surface area contributed by atoms with Gasteiger partial charge in [0.1, 0.15) is 0 Å². The summed E-state index contributed by atoms with van der Waals surface area (Å²) in [5.41, 5.74) is 11.0. The van der Waals surface area contributed by atoms with Gasteiger partial charge in [-0.1, -0.05) is 42.5 Å². The molecular weight excluding hydrogens is 390 g/mol. The van der Waals surface area contributed by atoms with E-state index >= 15 is 0 Å². The molecule has 5 rings (SSSR count). The fourth-order valence-corrected chi connectivity index (χ4v) is 4.18. The number of nitrogens with zero attached hydrogens (tertiary/aromatic N) is 3. The summed E-state index contributed by atoms with van der Waals surface area (Å²) in [6.45, 7) is 6.01. The topological polar surface area (TPSA) is 29.0 Å². The molecule has 0 atom stereocenters. The Morgan fingerprint density at radius 2 is 1.53 bits per heavy atom. The van der Waals surface area contributed by atoms with Crippen LogP contribution in [-0.2, 0) is 13.0 Å². The van der Waals surface area contributed by atoms with Crippen LogP contribution >= 0.6 is 0 Å². The van der Waals surface area contributed by atoms with Crippen molar-refractivity contribution in [2.75, 3.05) is 6.54 Å². The zero-order valence-corrected chi connectivity index (χ0v) is 18.6. The standard InChI is InChI=1S/C29H27N3/c1-21-3-6-28(19-31-21)25-9-10-29-20-32(16-13-27(29)18-25)15-12-23-4-7-24(8-5-23)26-11-14-30-22(2)17-26/h3-11,13-14,16-19H,12,15,20H2,1-2H3. The fraction of sp³-hybridized carbons (Fsp3) is 0.172. The average Bonchev–Trinajstić information content (AvgIpc) is 2.83. The molecule has 3 heteroatoms. The summed E-state index contributed by atoms with van der Waals surface area (Å²) in [5, 5.41) is 0. The maximum absolute atomic E-state index is 4.43. The monoisotopic (exact) mass is 417 g/mol. The van der Waals surface area contributed by atoms with Gasteiger partial charge in [-0.05, 0) is 90.2 Å². The van der Waals surface area contributed by atoms with E-state index in [9.17, 15) is 0 Å². The summed E-state index contributed by atoms with van der Waals surface area (Å²) in [4.78, 5) is 11.1. The number of fused-ring (bicyclic) bond motifs is 1. The Hall–Kier alpha value is -3.72. The Labute approximate surface area is 190 Å². The van der Waals surface area contributed by atoms with E-state index in [4.69, 9.17) is 0 Å². The zero-order chi connectivity index (χ0) is 21.9. The third-order valence-corrected chi connectivity index (χ3v) is 6.10. The first-order chi connectivity index (χ1) is 15.6. The van der Waals surface area contributed by atoms with Gasteiger partial charge in [0.15, 0.2) is 0 Å². The van der Waals surface area contributed by atoms with Crippen LogP contribution in [0.2, 0.25) is 0 Å². The third kappa shape index (κ3) is 4.47. The summed E-state index contributed by atoms with van der Waals surface area (Å²) in [5.74, 6) is 0. The summed E-state index contributed by atoms with van der Waals surface area (Å²) in [7, 11) is 0. The number of rotatable bonds is 5. The number of aryl methyl sites for hydroxylation is 2. The van der Waals surface area contributed by atoms with Gasteiger partial charge in [0.2, 0.25) is 0 Å². The van der Waals surface area contributed by atoms with Crippen LogP contribution in [0.3, 0.4) is 0 Å². The van der Waals surface area contributed by atoms with Crippen LogP contribution in [0.5, 0.6) is 0 Å². The maximum atomic E-state index is 4.43. The van der Waals surface area contributed by atoms with Crippen LogP contribution in [0.4, 0.5) is 0 Å². The first-order valence-electron chi connectivity index (χ1n) is 11.1. The molecule has 3 heterocycles. The van der Waals surface area contributed by atoms with Crippen LogP contribution in [0.25, 0.3) is 28.3 Å². The molecule has 0 spiro atoms. The van der Waals surface area contributed by atoms with Crippen molar-refractivity contribution in [3.8, 4) is 22.3 Å². The number of benzene rings is 2. The normalized spacial score (nSPS) is 12.6. The molecule has 2 aromatic heterocycles. The van der Waals surface area contributed by atoms with Crippen molar-refractivity contribution in [2.24, 2.45) is 0 Å². The Morgan fingerprint density at radius 1 is 0.750 bits per heavy atom. The quantitative estimate of drug-likeness (QED) is 0.373. The Kier molecular flexibility index (Phi) is 5.55. The minimum atomic E-state index is 0.951. The molecular formula is C29H27N3. The van der Waals surface area contributed by atoms with Crippen molar-refractivity contribution in [2.45, 2.75) is 26.8 Å². The molecule has 0 radical (unpaired) electrons. The molecule has 4 aromatic rings. The van der Waals surface area contributed by atoms with Gasteiger partial charge in [0.05, 0.1) is 0 Å². The van der Waals surface area contributed by atoms with Gasteiger partial charge in [-0.2, -0.15) is 0 Å². The first kappa shape index (κ1) is 20.2. The molecule has 158 valence electrons. The summed E-state index contributed by atoms with van der Waals surface area (Å²) < 4.78 is 0. The predicted octanol–water partition coefficient (Wildman–Crippen LogP) is 6.46. The lowest BCUT2D eigenvalue weighted by atomic mass is 9.97. The van der Waals surface area contributed by atoms with Gasteiger partial charge in [-0.25, -0.2) is 0 Å². The molecule has 1 aliphatic heterocycles. The highest BCUT2D eigenvalue weighted by atomic mass is 15.1. The summed E-state index contributed by atoms with van der Waals surface area (Å²) in [6, 6.07) is 24.1. The van der Waals surface area contributed by atoms with Crippen LogP contribution in [0.15, 0.2) is 85.3 Å². The van der Waals surface area contributed by atoms with Crippen molar-refractivity contribution in [3.63, 3.8) is 0 Å². The smallest absolute Gasteiger partial charge is 0.0430 e. The van der Waals surface area contributed by atoms with Crippen molar-refractivity contribution < 1.29 is 0 Å². The van der Waals surface area contributed by atoms with E-state index in [1.54, 1.807) is 0 Å². The van der Waals surface area contributed by atoms with E-state index in [1.165, 1.54) is 38.9 Å². The Morgan fingerprint density at radius 3 is 2.31 bits per heavy atom. The summed E-state index contributed by atoms with van der Waals surface area (Å²) in [6.07, 6.45) is 9.33. The van der Waals surface area contributed by atoms with Crippen LogP contribution in [-0.4, -0.2) is 21.4 Å². The van der Waals surface area contributed by atoms with Crippen LogP contribution < -0.4 is 0 Å². The highest BCUT2D eigenvalue weighted by molar-refractivity contribution is 5.69. The number of hydrogen-bond donors (Lipinski definition) is 0. The molecule has 0 saturated carbocycles.